The Hall–Kier alpha value is -2.80. The number of anilines is 1. The minimum absolute atomic E-state index is 0.0235. The maximum atomic E-state index is 13.2. The Morgan fingerprint density at radius 3 is 2.35 bits per heavy atom. The van der Waals surface area contributed by atoms with Gasteiger partial charge in [-0.3, -0.25) is 14.5 Å². The monoisotopic (exact) mass is 548 g/mol. The Morgan fingerprint density at radius 1 is 0.946 bits per heavy atom. The van der Waals surface area contributed by atoms with Crippen molar-refractivity contribution in [2.24, 2.45) is 4.99 Å². The molecule has 1 saturated heterocycles. The van der Waals surface area contributed by atoms with Crippen molar-refractivity contribution in [1.29, 1.82) is 0 Å². The second-order valence-electron chi connectivity index (χ2n) is 9.33. The molecular formula is C25H32N4O6S2. The number of morpholine rings is 1. The quantitative estimate of drug-likeness (QED) is 0.570. The number of carbonyl (C=O) groups excluding carboxylic acids is 1. The number of amides is 1. The number of benzene rings is 2. The SMILES string of the molecule is C[C@H]1CN(S(=O)(=O)c2cccc(C(=O)Nc3ccc(S(=O)(=O)NC4=NCCCCC4)cc3)c2)C[C@H](C)O1. The maximum Gasteiger partial charge on any atom is 0.262 e. The van der Waals surface area contributed by atoms with Crippen molar-refractivity contribution in [1.82, 2.24) is 9.03 Å². The fourth-order valence-electron chi connectivity index (χ4n) is 4.37. The van der Waals surface area contributed by atoms with Crippen molar-refractivity contribution in [2.75, 3.05) is 25.0 Å². The highest BCUT2D eigenvalue weighted by molar-refractivity contribution is 7.90. The van der Waals surface area contributed by atoms with E-state index in [1.807, 2.05) is 13.8 Å². The van der Waals surface area contributed by atoms with Gasteiger partial charge in [0.15, 0.2) is 0 Å². The highest BCUT2D eigenvalue weighted by Crippen LogP contribution is 2.23. The number of carbonyl (C=O) groups is 1. The van der Waals surface area contributed by atoms with Gasteiger partial charge in [-0.2, -0.15) is 4.31 Å². The molecule has 0 aliphatic carbocycles. The third kappa shape index (κ3) is 6.75. The van der Waals surface area contributed by atoms with E-state index in [1.165, 1.54) is 52.8 Å². The molecule has 0 spiro atoms. The van der Waals surface area contributed by atoms with Crippen LogP contribution >= 0.6 is 0 Å². The number of ether oxygens (including phenoxy) is 1. The Balaban J connectivity index is 1.45. The maximum absolute atomic E-state index is 13.2. The Labute approximate surface area is 218 Å². The Morgan fingerprint density at radius 2 is 1.65 bits per heavy atom. The van der Waals surface area contributed by atoms with Crippen LogP contribution in [0.4, 0.5) is 5.69 Å². The number of nitrogens with zero attached hydrogens (tertiary/aromatic N) is 2. The summed E-state index contributed by atoms with van der Waals surface area (Å²) in [6.07, 6.45) is 2.98. The van der Waals surface area contributed by atoms with Gasteiger partial charge in [-0.1, -0.05) is 12.5 Å². The summed E-state index contributed by atoms with van der Waals surface area (Å²) in [7, 11) is -7.59. The normalized spacial score (nSPS) is 21.5. The molecule has 200 valence electrons. The fraction of sp³-hybridized carbons (Fsp3) is 0.440. The van der Waals surface area contributed by atoms with Crippen LogP contribution in [0.2, 0.25) is 0 Å². The van der Waals surface area contributed by atoms with Gasteiger partial charge in [0.05, 0.1) is 22.0 Å². The smallest absolute Gasteiger partial charge is 0.262 e. The van der Waals surface area contributed by atoms with Crippen LogP contribution in [0.15, 0.2) is 63.3 Å². The van der Waals surface area contributed by atoms with Crippen molar-refractivity contribution in [3.63, 3.8) is 0 Å². The Kier molecular flexibility index (Phi) is 8.32. The molecule has 0 radical (unpaired) electrons. The van der Waals surface area contributed by atoms with Crippen LogP contribution in [0.5, 0.6) is 0 Å². The Bertz CT molecular complexity index is 1360. The molecule has 2 atom stereocenters. The lowest BCUT2D eigenvalue weighted by Crippen LogP contribution is -2.48. The molecule has 2 aromatic carbocycles. The summed E-state index contributed by atoms with van der Waals surface area (Å²) in [4.78, 5) is 17.2. The van der Waals surface area contributed by atoms with E-state index >= 15 is 0 Å². The van der Waals surface area contributed by atoms with E-state index in [0.717, 1.165) is 19.3 Å². The number of sulfonamides is 2. The summed E-state index contributed by atoms with van der Waals surface area (Å²) >= 11 is 0. The first-order chi connectivity index (χ1) is 17.5. The molecule has 0 unspecified atom stereocenters. The van der Waals surface area contributed by atoms with Crippen LogP contribution in [0.3, 0.4) is 0 Å². The standard InChI is InChI=1S/C25H32N4O6S2/c1-18-16-29(17-19(2)35-18)37(33,34)23-8-6-7-20(15-23)25(30)27-21-10-12-22(13-11-21)36(31,32)28-24-9-4-3-5-14-26-24/h6-8,10-13,15,18-19H,3-5,9,14,16-17H2,1-2H3,(H,26,28)(H,27,30)/t18-,19-/m0/s1. The molecule has 12 heteroatoms. The molecule has 0 aromatic heterocycles. The van der Waals surface area contributed by atoms with Gasteiger partial charge >= 0.3 is 0 Å². The first-order valence-corrected chi connectivity index (χ1v) is 15.2. The first-order valence-electron chi connectivity index (χ1n) is 12.3. The molecule has 2 heterocycles. The predicted molar refractivity (Wildman–Crippen MR) is 141 cm³/mol. The van der Waals surface area contributed by atoms with Gasteiger partial charge in [0.25, 0.3) is 15.9 Å². The average molecular weight is 549 g/mol. The highest BCUT2D eigenvalue weighted by Gasteiger charge is 2.32. The van der Waals surface area contributed by atoms with E-state index in [9.17, 15) is 21.6 Å². The van der Waals surface area contributed by atoms with E-state index in [-0.39, 0.29) is 40.7 Å². The van der Waals surface area contributed by atoms with Gasteiger partial charge in [0.1, 0.15) is 5.84 Å². The highest BCUT2D eigenvalue weighted by atomic mass is 32.2. The van der Waals surface area contributed by atoms with Gasteiger partial charge in [0, 0.05) is 37.3 Å². The number of hydrogen-bond donors (Lipinski definition) is 2. The van der Waals surface area contributed by atoms with Crippen molar-refractivity contribution in [3.8, 4) is 0 Å². The molecular weight excluding hydrogens is 516 g/mol. The van der Waals surface area contributed by atoms with Crippen LogP contribution in [0.1, 0.15) is 49.9 Å². The summed E-state index contributed by atoms with van der Waals surface area (Å²) in [5.41, 5.74) is 0.542. The van der Waals surface area contributed by atoms with Crippen molar-refractivity contribution in [3.05, 3.63) is 54.1 Å². The molecule has 2 aliphatic heterocycles. The molecule has 2 aliphatic rings. The van der Waals surface area contributed by atoms with E-state index in [2.05, 4.69) is 15.0 Å². The minimum Gasteiger partial charge on any atom is -0.373 e. The predicted octanol–water partition coefficient (Wildman–Crippen LogP) is 2.99. The fourth-order valence-corrected chi connectivity index (χ4v) is 7.09. The van der Waals surface area contributed by atoms with Gasteiger partial charge in [-0.05, 0) is 69.2 Å². The molecule has 0 saturated carbocycles. The van der Waals surface area contributed by atoms with Crippen LogP contribution in [0, 0.1) is 0 Å². The average Bonchev–Trinajstić information content (AvgIpc) is 3.12. The number of hydrogen-bond acceptors (Lipinski definition) is 7. The van der Waals surface area contributed by atoms with Gasteiger partial charge in [-0.25, -0.2) is 16.8 Å². The zero-order valence-corrected chi connectivity index (χ0v) is 22.5. The third-order valence-corrected chi connectivity index (χ3v) is 9.39. The summed E-state index contributed by atoms with van der Waals surface area (Å²) in [5, 5.41) is 2.69. The number of aliphatic imine (C=N–C) groups is 1. The van der Waals surface area contributed by atoms with Crippen molar-refractivity contribution in [2.45, 2.75) is 61.5 Å². The van der Waals surface area contributed by atoms with Crippen molar-refractivity contribution >= 4 is 37.5 Å². The minimum atomic E-state index is -3.80. The molecule has 2 N–H and O–H groups in total. The largest absolute Gasteiger partial charge is 0.373 e. The summed E-state index contributed by atoms with van der Waals surface area (Å²) in [5.74, 6) is -0.0481. The second-order valence-corrected chi connectivity index (χ2v) is 13.0. The third-order valence-electron chi connectivity index (χ3n) is 6.17. The van der Waals surface area contributed by atoms with Crippen LogP contribution in [-0.2, 0) is 24.8 Å². The van der Waals surface area contributed by atoms with Gasteiger partial charge in [-0.15, -0.1) is 0 Å². The topological polar surface area (TPSA) is 134 Å². The molecule has 37 heavy (non-hydrogen) atoms. The zero-order valence-electron chi connectivity index (χ0n) is 20.9. The molecule has 10 nitrogen and oxygen atoms in total. The van der Waals surface area contributed by atoms with Crippen LogP contribution < -0.4 is 10.0 Å². The second kappa shape index (κ2) is 11.3. The number of amidine groups is 1. The summed E-state index contributed by atoms with van der Waals surface area (Å²) < 4.78 is 61.3. The molecule has 4 rings (SSSR count). The lowest BCUT2D eigenvalue weighted by Gasteiger charge is -2.34. The first kappa shape index (κ1) is 27.2. The van der Waals surface area contributed by atoms with Gasteiger partial charge in [0.2, 0.25) is 10.0 Å². The molecule has 2 aromatic rings. The summed E-state index contributed by atoms with van der Waals surface area (Å²) in [6, 6.07) is 11.6. The summed E-state index contributed by atoms with van der Waals surface area (Å²) in [6.45, 7) is 4.72. The van der Waals surface area contributed by atoms with Crippen LogP contribution in [0.25, 0.3) is 0 Å². The molecule has 0 bridgehead atoms. The lowest BCUT2D eigenvalue weighted by atomic mass is 10.2. The lowest BCUT2D eigenvalue weighted by molar-refractivity contribution is -0.0440. The van der Waals surface area contributed by atoms with Crippen molar-refractivity contribution < 1.29 is 26.4 Å². The molecule has 1 fully saturated rings. The molecule has 1 amide bonds. The number of rotatable bonds is 6. The van der Waals surface area contributed by atoms with Gasteiger partial charge < -0.3 is 10.1 Å². The number of nitrogens with one attached hydrogen (secondary N) is 2. The van der Waals surface area contributed by atoms with E-state index in [4.69, 9.17) is 4.74 Å². The van der Waals surface area contributed by atoms with E-state index < -0.39 is 26.0 Å². The van der Waals surface area contributed by atoms with E-state index in [1.54, 1.807) is 0 Å². The van der Waals surface area contributed by atoms with Crippen LogP contribution in [-0.4, -0.2) is 64.7 Å². The zero-order chi connectivity index (χ0) is 26.6. The van der Waals surface area contributed by atoms with E-state index in [0.29, 0.717) is 24.5 Å².